The van der Waals surface area contributed by atoms with Gasteiger partial charge in [-0.05, 0) is 51.0 Å². The minimum Gasteiger partial charge on any atom is -0.357 e. The van der Waals surface area contributed by atoms with Gasteiger partial charge in [-0.2, -0.15) is 18.3 Å². The Kier molecular flexibility index (Phi) is 9.77. The number of nitrogens with one attached hydrogen (secondary N) is 2. The van der Waals surface area contributed by atoms with Crippen molar-refractivity contribution in [2.75, 3.05) is 13.1 Å². The highest BCUT2D eigenvalue weighted by molar-refractivity contribution is 14.0. The number of benzene rings is 1. The molecule has 0 saturated carbocycles. The van der Waals surface area contributed by atoms with Crippen LogP contribution >= 0.6 is 24.0 Å². The number of halogens is 4. The maximum absolute atomic E-state index is 12.8. The van der Waals surface area contributed by atoms with Crippen molar-refractivity contribution in [2.45, 2.75) is 46.5 Å². The molecule has 0 aliphatic heterocycles. The summed E-state index contributed by atoms with van der Waals surface area (Å²) in [6.45, 7) is 8.26. The van der Waals surface area contributed by atoms with Crippen LogP contribution in [0.4, 0.5) is 13.2 Å². The highest BCUT2D eigenvalue weighted by atomic mass is 127. The van der Waals surface area contributed by atoms with Crippen LogP contribution in [-0.4, -0.2) is 28.8 Å². The van der Waals surface area contributed by atoms with Crippen LogP contribution in [0.15, 0.2) is 35.3 Å². The second kappa shape index (κ2) is 11.3. The molecule has 2 N–H and O–H groups in total. The van der Waals surface area contributed by atoms with Gasteiger partial charge < -0.3 is 10.6 Å². The van der Waals surface area contributed by atoms with Gasteiger partial charge in [0.1, 0.15) is 0 Å². The van der Waals surface area contributed by atoms with Gasteiger partial charge in [-0.3, -0.25) is 4.68 Å². The molecule has 28 heavy (non-hydrogen) atoms. The Morgan fingerprint density at radius 1 is 1.18 bits per heavy atom. The lowest BCUT2D eigenvalue weighted by Gasteiger charge is -2.12. The molecule has 9 heteroatoms. The van der Waals surface area contributed by atoms with Crippen LogP contribution in [0.1, 0.15) is 35.9 Å². The van der Waals surface area contributed by atoms with E-state index in [-0.39, 0.29) is 30.5 Å². The molecule has 0 aliphatic carbocycles. The number of guanidine groups is 1. The maximum atomic E-state index is 12.8. The lowest BCUT2D eigenvalue weighted by Crippen LogP contribution is -2.38. The zero-order valence-corrected chi connectivity index (χ0v) is 18.6. The van der Waals surface area contributed by atoms with Crippen molar-refractivity contribution in [1.29, 1.82) is 0 Å². The van der Waals surface area contributed by atoms with E-state index < -0.39 is 11.7 Å². The number of aliphatic imine (C=N–C) groups is 1. The van der Waals surface area contributed by atoms with Crippen molar-refractivity contribution in [3.05, 3.63) is 52.8 Å². The van der Waals surface area contributed by atoms with Crippen molar-refractivity contribution in [3.63, 3.8) is 0 Å². The van der Waals surface area contributed by atoms with Crippen LogP contribution in [0.25, 0.3) is 0 Å². The van der Waals surface area contributed by atoms with Gasteiger partial charge in [0.05, 0.1) is 17.8 Å². The SMILES string of the molecule is CCNC(=NCc1cccc(C(F)(F)F)c1)NCCCn1nc(C)cc1C.I. The molecular weight excluding hydrogens is 482 g/mol. The fourth-order valence-electron chi connectivity index (χ4n) is 2.70. The molecule has 0 saturated heterocycles. The van der Waals surface area contributed by atoms with E-state index >= 15 is 0 Å². The standard InChI is InChI=1S/C19H26F3N5.HI/c1-4-23-18(24-9-6-10-27-15(3)11-14(2)26-27)25-13-16-7-5-8-17(12-16)19(20,21)22;/h5,7-8,11-12H,4,6,9-10,13H2,1-3H3,(H2,23,24,25);1H. The topological polar surface area (TPSA) is 54.2 Å². The number of alkyl halides is 3. The third kappa shape index (κ3) is 7.69. The average molecular weight is 509 g/mol. The monoisotopic (exact) mass is 509 g/mol. The normalized spacial score (nSPS) is 11.9. The second-order valence-electron chi connectivity index (χ2n) is 6.32. The summed E-state index contributed by atoms with van der Waals surface area (Å²) >= 11 is 0. The number of rotatable bonds is 7. The summed E-state index contributed by atoms with van der Waals surface area (Å²) in [5.41, 5.74) is 1.98. The van der Waals surface area contributed by atoms with Gasteiger partial charge >= 0.3 is 6.18 Å². The number of hydrogen-bond donors (Lipinski definition) is 2. The molecule has 5 nitrogen and oxygen atoms in total. The summed E-state index contributed by atoms with van der Waals surface area (Å²) in [7, 11) is 0. The summed E-state index contributed by atoms with van der Waals surface area (Å²) in [6, 6.07) is 7.28. The number of hydrogen-bond acceptors (Lipinski definition) is 2. The Bertz CT molecular complexity index is 771. The average Bonchev–Trinajstić information content (AvgIpc) is 2.93. The quantitative estimate of drug-likeness (QED) is 0.254. The van der Waals surface area contributed by atoms with Gasteiger partial charge in [0.2, 0.25) is 0 Å². The van der Waals surface area contributed by atoms with Gasteiger partial charge in [-0.1, -0.05) is 12.1 Å². The molecule has 0 amide bonds. The fraction of sp³-hybridized carbons (Fsp3) is 0.474. The first-order valence-electron chi connectivity index (χ1n) is 8.99. The van der Waals surface area contributed by atoms with Gasteiger partial charge in [0.25, 0.3) is 0 Å². The Labute approximate surface area is 180 Å². The molecule has 2 aromatic rings. The molecule has 0 radical (unpaired) electrons. The Balaban J connectivity index is 0.00000392. The van der Waals surface area contributed by atoms with Crippen molar-refractivity contribution < 1.29 is 13.2 Å². The summed E-state index contributed by atoms with van der Waals surface area (Å²) in [5.74, 6) is 0.586. The van der Waals surface area contributed by atoms with Crippen molar-refractivity contribution in [3.8, 4) is 0 Å². The van der Waals surface area contributed by atoms with E-state index in [1.807, 2.05) is 31.5 Å². The van der Waals surface area contributed by atoms with Gasteiger partial charge in [0, 0.05) is 25.3 Å². The number of nitrogens with zero attached hydrogens (tertiary/aromatic N) is 3. The van der Waals surface area contributed by atoms with Crippen LogP contribution in [0, 0.1) is 13.8 Å². The van der Waals surface area contributed by atoms with E-state index in [0.29, 0.717) is 24.6 Å². The smallest absolute Gasteiger partial charge is 0.357 e. The van der Waals surface area contributed by atoms with Crippen molar-refractivity contribution in [1.82, 2.24) is 20.4 Å². The Morgan fingerprint density at radius 2 is 1.93 bits per heavy atom. The maximum Gasteiger partial charge on any atom is 0.416 e. The van der Waals surface area contributed by atoms with E-state index in [1.54, 1.807) is 6.07 Å². The molecule has 1 aromatic carbocycles. The van der Waals surface area contributed by atoms with Gasteiger partial charge in [-0.25, -0.2) is 4.99 Å². The minimum absolute atomic E-state index is 0. The molecule has 1 aromatic heterocycles. The van der Waals surface area contributed by atoms with Gasteiger partial charge in [0.15, 0.2) is 5.96 Å². The lowest BCUT2D eigenvalue weighted by atomic mass is 10.1. The molecule has 0 spiro atoms. The zero-order valence-electron chi connectivity index (χ0n) is 16.3. The van der Waals surface area contributed by atoms with Crippen LogP contribution in [0.3, 0.4) is 0 Å². The minimum atomic E-state index is -4.34. The lowest BCUT2D eigenvalue weighted by molar-refractivity contribution is -0.137. The molecular formula is C19H27F3IN5. The van der Waals surface area contributed by atoms with E-state index in [0.717, 1.165) is 36.5 Å². The highest BCUT2D eigenvalue weighted by Gasteiger charge is 2.30. The molecule has 0 bridgehead atoms. The molecule has 156 valence electrons. The van der Waals surface area contributed by atoms with Crippen LogP contribution in [0.2, 0.25) is 0 Å². The van der Waals surface area contributed by atoms with E-state index in [4.69, 9.17) is 0 Å². The number of aryl methyl sites for hydroxylation is 3. The zero-order chi connectivity index (χ0) is 19.9. The van der Waals surface area contributed by atoms with E-state index in [9.17, 15) is 13.2 Å². The molecule has 0 aliphatic rings. The third-order valence-electron chi connectivity index (χ3n) is 3.96. The van der Waals surface area contributed by atoms with Crippen molar-refractivity contribution in [2.24, 2.45) is 4.99 Å². The fourth-order valence-corrected chi connectivity index (χ4v) is 2.70. The van der Waals surface area contributed by atoms with Crippen LogP contribution < -0.4 is 10.6 Å². The first kappa shape index (κ1) is 24.3. The summed E-state index contributed by atoms with van der Waals surface area (Å²) < 4.78 is 40.3. The number of aromatic nitrogens is 2. The summed E-state index contributed by atoms with van der Waals surface area (Å²) in [4.78, 5) is 4.38. The first-order valence-corrected chi connectivity index (χ1v) is 8.99. The largest absolute Gasteiger partial charge is 0.416 e. The molecule has 0 atom stereocenters. The molecule has 0 unspecified atom stereocenters. The van der Waals surface area contributed by atoms with E-state index in [1.165, 1.54) is 6.07 Å². The molecule has 1 heterocycles. The Hall–Kier alpha value is -1.78. The van der Waals surface area contributed by atoms with Gasteiger partial charge in [-0.15, -0.1) is 24.0 Å². The predicted molar refractivity (Wildman–Crippen MR) is 116 cm³/mol. The first-order chi connectivity index (χ1) is 12.8. The molecule has 2 rings (SSSR count). The van der Waals surface area contributed by atoms with Crippen LogP contribution in [-0.2, 0) is 19.3 Å². The van der Waals surface area contributed by atoms with Crippen molar-refractivity contribution >= 4 is 29.9 Å². The van der Waals surface area contributed by atoms with Crippen LogP contribution in [0.5, 0.6) is 0 Å². The summed E-state index contributed by atoms with van der Waals surface area (Å²) in [6.07, 6.45) is -3.48. The second-order valence-corrected chi connectivity index (χ2v) is 6.32. The van der Waals surface area contributed by atoms with E-state index in [2.05, 4.69) is 20.7 Å². The highest BCUT2D eigenvalue weighted by Crippen LogP contribution is 2.29. The Morgan fingerprint density at radius 3 is 2.54 bits per heavy atom. The third-order valence-corrected chi connectivity index (χ3v) is 3.96. The predicted octanol–water partition coefficient (Wildman–Crippen LogP) is 4.28. The molecule has 0 fully saturated rings. The summed E-state index contributed by atoms with van der Waals surface area (Å²) in [5, 5.41) is 10.7.